The lowest BCUT2D eigenvalue weighted by Gasteiger charge is -2.24. The maximum atomic E-state index is 13.2. The number of nitrogens with one attached hydrogen (secondary N) is 1. The molecule has 9 heteroatoms. The van der Waals surface area contributed by atoms with Crippen molar-refractivity contribution in [1.82, 2.24) is 0 Å². The lowest BCUT2D eigenvalue weighted by atomic mass is 9.99. The minimum absolute atomic E-state index is 0.142. The summed E-state index contributed by atoms with van der Waals surface area (Å²) in [6.07, 6.45) is 1.42. The fourth-order valence-corrected chi connectivity index (χ4v) is 3.89. The van der Waals surface area contributed by atoms with Crippen molar-refractivity contribution in [3.63, 3.8) is 0 Å². The molecular formula is C25H22N2O7. The number of ether oxygens (including phenoxy) is 2. The van der Waals surface area contributed by atoms with Gasteiger partial charge in [0.25, 0.3) is 11.7 Å². The Kier molecular flexibility index (Phi) is 6.09. The van der Waals surface area contributed by atoms with Gasteiger partial charge in [-0.1, -0.05) is 6.07 Å². The molecule has 1 unspecified atom stereocenters. The van der Waals surface area contributed by atoms with Crippen LogP contribution in [0, 0.1) is 0 Å². The molecule has 2 heterocycles. The third-order valence-electron chi connectivity index (χ3n) is 5.36. The van der Waals surface area contributed by atoms with Gasteiger partial charge in [0, 0.05) is 23.9 Å². The number of carbonyl (C=O) groups excluding carboxylic acids is 3. The zero-order valence-corrected chi connectivity index (χ0v) is 18.7. The first-order chi connectivity index (χ1) is 16.3. The number of furan rings is 1. The van der Waals surface area contributed by atoms with Gasteiger partial charge in [0.2, 0.25) is 5.91 Å². The Bertz CT molecular complexity index is 1290. The van der Waals surface area contributed by atoms with Crippen molar-refractivity contribution in [3.8, 4) is 11.5 Å². The van der Waals surface area contributed by atoms with Crippen molar-refractivity contribution in [2.24, 2.45) is 0 Å². The van der Waals surface area contributed by atoms with E-state index in [0.29, 0.717) is 22.9 Å². The Balaban J connectivity index is 1.88. The van der Waals surface area contributed by atoms with Crippen LogP contribution in [-0.2, 0) is 14.4 Å². The van der Waals surface area contributed by atoms with Crippen molar-refractivity contribution in [2.75, 3.05) is 24.4 Å². The van der Waals surface area contributed by atoms with Gasteiger partial charge in [0.15, 0.2) is 11.5 Å². The molecule has 1 aromatic heterocycles. The van der Waals surface area contributed by atoms with E-state index in [1.165, 1.54) is 38.4 Å². The maximum absolute atomic E-state index is 13.2. The molecule has 0 spiro atoms. The van der Waals surface area contributed by atoms with Gasteiger partial charge in [-0.2, -0.15) is 0 Å². The molecule has 1 aliphatic heterocycles. The number of aliphatic hydroxyl groups excluding tert-OH is 1. The average Bonchev–Trinajstić information content (AvgIpc) is 3.44. The van der Waals surface area contributed by atoms with Crippen LogP contribution in [0.4, 0.5) is 11.4 Å². The predicted molar refractivity (Wildman–Crippen MR) is 124 cm³/mol. The quantitative estimate of drug-likeness (QED) is 0.324. The molecule has 3 aromatic rings. The van der Waals surface area contributed by atoms with E-state index < -0.39 is 17.7 Å². The number of anilines is 2. The van der Waals surface area contributed by atoms with E-state index >= 15 is 0 Å². The number of rotatable bonds is 6. The van der Waals surface area contributed by atoms with Crippen LogP contribution >= 0.6 is 0 Å². The van der Waals surface area contributed by atoms with Crippen LogP contribution < -0.4 is 19.7 Å². The van der Waals surface area contributed by atoms with Gasteiger partial charge in [-0.05, 0) is 48.5 Å². The van der Waals surface area contributed by atoms with Crippen molar-refractivity contribution >= 4 is 34.7 Å². The molecule has 1 atom stereocenters. The van der Waals surface area contributed by atoms with Gasteiger partial charge in [-0.15, -0.1) is 0 Å². The van der Waals surface area contributed by atoms with E-state index in [-0.39, 0.29) is 28.6 Å². The van der Waals surface area contributed by atoms with E-state index in [4.69, 9.17) is 13.9 Å². The smallest absolute Gasteiger partial charge is 0.300 e. The highest BCUT2D eigenvalue weighted by atomic mass is 16.5. The van der Waals surface area contributed by atoms with Crippen LogP contribution in [0.1, 0.15) is 24.3 Å². The molecule has 0 aliphatic carbocycles. The normalized spacial score (nSPS) is 17.0. The first kappa shape index (κ1) is 22.7. The molecule has 34 heavy (non-hydrogen) atoms. The Morgan fingerprint density at radius 3 is 2.44 bits per heavy atom. The first-order valence-corrected chi connectivity index (χ1v) is 10.3. The van der Waals surface area contributed by atoms with Crippen LogP contribution in [0.3, 0.4) is 0 Å². The van der Waals surface area contributed by atoms with E-state index in [9.17, 15) is 19.5 Å². The molecular weight excluding hydrogens is 440 g/mol. The molecule has 2 aromatic carbocycles. The second-order valence-corrected chi connectivity index (χ2v) is 7.49. The fraction of sp³-hybridized carbons (Fsp3) is 0.160. The van der Waals surface area contributed by atoms with Crippen LogP contribution in [-0.4, -0.2) is 36.9 Å². The van der Waals surface area contributed by atoms with Crippen LogP contribution in [0.15, 0.2) is 70.9 Å². The minimum Gasteiger partial charge on any atom is -0.507 e. The number of ketones is 1. The maximum Gasteiger partial charge on any atom is 0.300 e. The summed E-state index contributed by atoms with van der Waals surface area (Å²) >= 11 is 0. The summed E-state index contributed by atoms with van der Waals surface area (Å²) in [6, 6.07) is 13.4. The Morgan fingerprint density at radius 2 is 1.79 bits per heavy atom. The SMILES string of the molecule is COc1ccc(/C(O)=C2/C(=O)C(=O)N(c3cccc(NC(C)=O)c3)C2c2ccco2)cc1OC. The molecule has 0 saturated carbocycles. The van der Waals surface area contributed by atoms with Gasteiger partial charge < -0.3 is 24.3 Å². The number of carbonyl (C=O) groups is 3. The van der Waals surface area contributed by atoms with Gasteiger partial charge in [0.05, 0.1) is 26.1 Å². The first-order valence-electron chi connectivity index (χ1n) is 10.3. The molecule has 4 rings (SSSR count). The summed E-state index contributed by atoms with van der Waals surface area (Å²) in [5, 5.41) is 13.8. The van der Waals surface area contributed by atoms with E-state index in [0.717, 1.165) is 0 Å². The lowest BCUT2D eigenvalue weighted by Crippen LogP contribution is -2.29. The van der Waals surface area contributed by atoms with Crippen molar-refractivity contribution in [2.45, 2.75) is 13.0 Å². The number of hydrogen-bond donors (Lipinski definition) is 2. The van der Waals surface area contributed by atoms with E-state index in [1.54, 1.807) is 48.5 Å². The summed E-state index contributed by atoms with van der Waals surface area (Å²) in [5.74, 6) is -1.32. The highest BCUT2D eigenvalue weighted by Crippen LogP contribution is 2.43. The number of aliphatic hydroxyl groups is 1. The van der Waals surface area contributed by atoms with Gasteiger partial charge in [0.1, 0.15) is 17.6 Å². The minimum atomic E-state index is -1.03. The second-order valence-electron chi connectivity index (χ2n) is 7.49. The highest BCUT2D eigenvalue weighted by molar-refractivity contribution is 6.51. The molecule has 2 amide bonds. The number of nitrogens with zero attached hydrogens (tertiary/aromatic N) is 1. The molecule has 0 bridgehead atoms. The number of hydrogen-bond acceptors (Lipinski definition) is 7. The zero-order chi connectivity index (χ0) is 24.4. The van der Waals surface area contributed by atoms with E-state index in [2.05, 4.69) is 5.32 Å². The fourth-order valence-electron chi connectivity index (χ4n) is 3.89. The second kappa shape index (κ2) is 9.14. The third-order valence-corrected chi connectivity index (χ3v) is 5.36. The molecule has 1 saturated heterocycles. The Labute approximate surface area is 195 Å². The topological polar surface area (TPSA) is 118 Å². The number of Topliss-reactive ketones (excluding diaryl/α,β-unsaturated/α-hetero) is 1. The van der Waals surface area contributed by atoms with Crippen molar-refractivity contribution in [3.05, 3.63) is 77.8 Å². The average molecular weight is 462 g/mol. The summed E-state index contributed by atoms with van der Waals surface area (Å²) in [5.41, 5.74) is 0.919. The van der Waals surface area contributed by atoms with Crippen LogP contribution in [0.5, 0.6) is 11.5 Å². The standard InChI is InChI=1S/C25H22N2O7/c1-14(28)26-16-6-4-7-17(13-16)27-22(19-8-5-11-34-19)21(24(30)25(27)31)23(29)15-9-10-18(32-2)20(12-15)33-3/h4-13,22,29H,1-3H3,(H,26,28)/b23-21-. The molecule has 1 fully saturated rings. The molecule has 0 radical (unpaired) electrons. The summed E-state index contributed by atoms with van der Waals surface area (Å²) in [6.45, 7) is 1.37. The van der Waals surface area contributed by atoms with Crippen molar-refractivity contribution in [1.29, 1.82) is 0 Å². The molecule has 2 N–H and O–H groups in total. The predicted octanol–water partition coefficient (Wildman–Crippen LogP) is 3.88. The van der Waals surface area contributed by atoms with Gasteiger partial charge in [-0.25, -0.2) is 0 Å². The Morgan fingerprint density at radius 1 is 1.03 bits per heavy atom. The van der Waals surface area contributed by atoms with E-state index in [1.807, 2.05) is 0 Å². The molecule has 9 nitrogen and oxygen atoms in total. The highest BCUT2D eigenvalue weighted by Gasteiger charge is 2.48. The van der Waals surface area contributed by atoms with Gasteiger partial charge >= 0.3 is 0 Å². The number of amides is 2. The Hall–Kier alpha value is -4.53. The van der Waals surface area contributed by atoms with Crippen LogP contribution in [0.2, 0.25) is 0 Å². The largest absolute Gasteiger partial charge is 0.507 e. The zero-order valence-electron chi connectivity index (χ0n) is 18.7. The van der Waals surface area contributed by atoms with Crippen LogP contribution in [0.25, 0.3) is 5.76 Å². The van der Waals surface area contributed by atoms with Gasteiger partial charge in [-0.3, -0.25) is 19.3 Å². The number of methoxy groups -OCH3 is 2. The third kappa shape index (κ3) is 3.99. The summed E-state index contributed by atoms with van der Waals surface area (Å²) in [4.78, 5) is 39.1. The molecule has 1 aliphatic rings. The molecule has 174 valence electrons. The lowest BCUT2D eigenvalue weighted by molar-refractivity contribution is -0.132. The summed E-state index contributed by atoms with van der Waals surface area (Å²) in [7, 11) is 2.93. The van der Waals surface area contributed by atoms with Crippen molar-refractivity contribution < 1.29 is 33.4 Å². The number of benzene rings is 2. The monoisotopic (exact) mass is 462 g/mol. The summed E-state index contributed by atoms with van der Waals surface area (Å²) < 4.78 is 16.1.